The lowest BCUT2D eigenvalue weighted by atomic mass is 10.0. The smallest absolute Gasteiger partial charge is 0.0317 e. The first-order valence-electron chi connectivity index (χ1n) is 6.26. The maximum atomic E-state index is 3.72. The van der Waals surface area contributed by atoms with Gasteiger partial charge in [0.25, 0.3) is 0 Å². The summed E-state index contributed by atoms with van der Waals surface area (Å²) in [6, 6.07) is 9.32. The van der Waals surface area contributed by atoms with Crippen molar-refractivity contribution in [3.05, 3.63) is 48.0 Å². The largest absolute Gasteiger partial charge is 0.309 e. The Morgan fingerprint density at radius 3 is 2.65 bits per heavy atom. The zero-order valence-electron chi connectivity index (χ0n) is 10.9. The minimum absolute atomic E-state index is 0.486. The van der Waals surface area contributed by atoms with Crippen LogP contribution in [0.25, 0.3) is 0 Å². The topological polar surface area (TPSA) is 12.0 Å². The Morgan fingerprint density at radius 2 is 2.06 bits per heavy atom. The molecule has 94 valence electrons. The van der Waals surface area contributed by atoms with Crippen LogP contribution in [0.5, 0.6) is 0 Å². The normalized spacial score (nSPS) is 12.4. The molecule has 1 rings (SSSR count). The van der Waals surface area contributed by atoms with Gasteiger partial charge in [-0.25, -0.2) is 0 Å². The summed E-state index contributed by atoms with van der Waals surface area (Å²) in [4.78, 5) is 0. The molecule has 0 aromatic heterocycles. The van der Waals surface area contributed by atoms with E-state index in [0.717, 1.165) is 24.5 Å². The lowest BCUT2D eigenvalue weighted by molar-refractivity contribution is 0.540. The first kappa shape index (κ1) is 14.3. The van der Waals surface area contributed by atoms with Crippen LogP contribution in [0.4, 0.5) is 0 Å². The van der Waals surface area contributed by atoms with Crippen molar-refractivity contribution in [1.29, 1.82) is 0 Å². The van der Waals surface area contributed by atoms with Crippen molar-refractivity contribution in [2.75, 3.05) is 18.1 Å². The van der Waals surface area contributed by atoms with E-state index in [1.807, 2.05) is 17.8 Å². The van der Waals surface area contributed by atoms with Crippen LogP contribution < -0.4 is 5.32 Å². The third-order valence-corrected chi connectivity index (χ3v) is 3.73. The van der Waals surface area contributed by atoms with E-state index in [9.17, 15) is 0 Å². The van der Waals surface area contributed by atoms with Crippen LogP contribution in [0.1, 0.15) is 30.5 Å². The standard InChI is InChI=1S/C15H23NS/c1-4-11-17-12-10-16-15(5-2)14-8-6-13(3)7-9-14/h4,6-9,15-16H,1,5,10-12H2,2-3H3. The van der Waals surface area contributed by atoms with Crippen LogP contribution in [0.15, 0.2) is 36.9 Å². The Labute approximate surface area is 110 Å². The molecule has 0 heterocycles. The SMILES string of the molecule is C=CCSCCNC(CC)c1ccc(C)cc1. The molecular weight excluding hydrogens is 226 g/mol. The molecule has 1 atom stereocenters. The molecule has 1 N–H and O–H groups in total. The van der Waals surface area contributed by atoms with Gasteiger partial charge >= 0.3 is 0 Å². The summed E-state index contributed by atoms with van der Waals surface area (Å²) in [6.07, 6.45) is 3.09. The molecule has 0 fully saturated rings. The Morgan fingerprint density at radius 1 is 1.35 bits per heavy atom. The fourth-order valence-electron chi connectivity index (χ4n) is 1.77. The fourth-order valence-corrected chi connectivity index (χ4v) is 2.36. The van der Waals surface area contributed by atoms with Gasteiger partial charge in [-0.05, 0) is 18.9 Å². The minimum atomic E-state index is 0.486. The number of hydrogen-bond acceptors (Lipinski definition) is 2. The number of benzene rings is 1. The van der Waals surface area contributed by atoms with Crippen LogP contribution in [0, 0.1) is 6.92 Å². The van der Waals surface area contributed by atoms with E-state index in [-0.39, 0.29) is 0 Å². The van der Waals surface area contributed by atoms with Gasteiger partial charge in [0.05, 0.1) is 0 Å². The van der Waals surface area contributed by atoms with E-state index in [4.69, 9.17) is 0 Å². The average molecular weight is 249 g/mol. The molecule has 17 heavy (non-hydrogen) atoms. The summed E-state index contributed by atoms with van der Waals surface area (Å²) in [5.74, 6) is 2.19. The number of rotatable bonds is 8. The number of aryl methyl sites for hydroxylation is 1. The van der Waals surface area contributed by atoms with Crippen LogP contribution in [-0.2, 0) is 0 Å². The third-order valence-electron chi connectivity index (χ3n) is 2.76. The molecule has 0 amide bonds. The van der Waals surface area contributed by atoms with Gasteiger partial charge in [0, 0.05) is 24.1 Å². The molecule has 0 spiro atoms. The molecule has 0 aliphatic heterocycles. The van der Waals surface area contributed by atoms with E-state index in [1.54, 1.807) is 0 Å². The zero-order chi connectivity index (χ0) is 12.5. The zero-order valence-corrected chi connectivity index (χ0v) is 11.7. The van der Waals surface area contributed by atoms with E-state index in [0.29, 0.717) is 6.04 Å². The van der Waals surface area contributed by atoms with Crippen molar-refractivity contribution >= 4 is 11.8 Å². The first-order valence-corrected chi connectivity index (χ1v) is 7.42. The number of nitrogens with one attached hydrogen (secondary N) is 1. The molecule has 1 aromatic rings. The van der Waals surface area contributed by atoms with Crippen molar-refractivity contribution in [1.82, 2.24) is 5.32 Å². The molecule has 0 bridgehead atoms. The molecule has 0 aliphatic carbocycles. The molecule has 2 heteroatoms. The van der Waals surface area contributed by atoms with E-state index >= 15 is 0 Å². The molecule has 0 saturated heterocycles. The second kappa shape index (κ2) is 8.37. The Bertz CT molecular complexity index is 318. The van der Waals surface area contributed by atoms with Crippen LogP contribution in [0.3, 0.4) is 0 Å². The average Bonchev–Trinajstić information content (AvgIpc) is 2.35. The first-order chi connectivity index (χ1) is 8.27. The van der Waals surface area contributed by atoms with Gasteiger partial charge in [-0.15, -0.1) is 6.58 Å². The molecule has 0 radical (unpaired) electrons. The van der Waals surface area contributed by atoms with E-state index in [1.165, 1.54) is 11.1 Å². The van der Waals surface area contributed by atoms with E-state index < -0.39 is 0 Å². The van der Waals surface area contributed by atoms with Crippen molar-refractivity contribution < 1.29 is 0 Å². The van der Waals surface area contributed by atoms with Crippen molar-refractivity contribution in [2.45, 2.75) is 26.3 Å². The summed E-state index contributed by atoms with van der Waals surface area (Å²) in [5, 5.41) is 3.61. The monoisotopic (exact) mass is 249 g/mol. The quantitative estimate of drug-likeness (QED) is 0.553. The van der Waals surface area contributed by atoms with E-state index in [2.05, 4.69) is 50.0 Å². The molecule has 0 saturated carbocycles. The second-order valence-corrected chi connectivity index (χ2v) is 5.34. The molecular formula is C15H23NS. The molecule has 0 aliphatic rings. The lowest BCUT2D eigenvalue weighted by Crippen LogP contribution is -2.23. The third kappa shape index (κ3) is 5.42. The van der Waals surface area contributed by atoms with Crippen LogP contribution in [-0.4, -0.2) is 18.1 Å². The predicted octanol–water partition coefficient (Wildman–Crippen LogP) is 3.95. The van der Waals surface area contributed by atoms with Gasteiger partial charge in [0.15, 0.2) is 0 Å². The number of hydrogen-bond donors (Lipinski definition) is 1. The Hall–Kier alpha value is -0.730. The highest BCUT2D eigenvalue weighted by atomic mass is 32.2. The maximum Gasteiger partial charge on any atom is 0.0317 e. The van der Waals surface area contributed by atoms with Crippen molar-refractivity contribution in [3.63, 3.8) is 0 Å². The second-order valence-electron chi connectivity index (χ2n) is 4.19. The number of thioether (sulfide) groups is 1. The van der Waals surface area contributed by atoms with Crippen molar-refractivity contribution in [3.8, 4) is 0 Å². The Balaban J connectivity index is 2.37. The van der Waals surface area contributed by atoms with Gasteiger partial charge in [0.1, 0.15) is 0 Å². The van der Waals surface area contributed by atoms with Gasteiger partial charge in [-0.3, -0.25) is 0 Å². The highest BCUT2D eigenvalue weighted by molar-refractivity contribution is 7.99. The lowest BCUT2D eigenvalue weighted by Gasteiger charge is -2.17. The molecule has 1 nitrogen and oxygen atoms in total. The highest BCUT2D eigenvalue weighted by Crippen LogP contribution is 2.17. The fraction of sp³-hybridized carbons (Fsp3) is 0.467. The maximum absolute atomic E-state index is 3.72. The van der Waals surface area contributed by atoms with Crippen molar-refractivity contribution in [2.24, 2.45) is 0 Å². The summed E-state index contributed by atoms with van der Waals surface area (Å²) >= 11 is 1.92. The molecule has 1 aromatic carbocycles. The minimum Gasteiger partial charge on any atom is -0.309 e. The van der Waals surface area contributed by atoms with Crippen LogP contribution >= 0.6 is 11.8 Å². The van der Waals surface area contributed by atoms with Gasteiger partial charge in [-0.1, -0.05) is 42.8 Å². The van der Waals surface area contributed by atoms with Gasteiger partial charge in [0.2, 0.25) is 0 Å². The molecule has 1 unspecified atom stereocenters. The highest BCUT2D eigenvalue weighted by Gasteiger charge is 2.07. The Kier molecular flexibility index (Phi) is 7.06. The predicted molar refractivity (Wildman–Crippen MR) is 79.7 cm³/mol. The summed E-state index contributed by atoms with van der Waals surface area (Å²) < 4.78 is 0. The van der Waals surface area contributed by atoms with Crippen LogP contribution in [0.2, 0.25) is 0 Å². The summed E-state index contributed by atoms with van der Waals surface area (Å²) in [5.41, 5.74) is 2.72. The summed E-state index contributed by atoms with van der Waals surface area (Å²) in [6.45, 7) is 9.14. The van der Waals surface area contributed by atoms with Gasteiger partial charge in [-0.2, -0.15) is 11.8 Å². The summed E-state index contributed by atoms with van der Waals surface area (Å²) in [7, 11) is 0. The van der Waals surface area contributed by atoms with Gasteiger partial charge < -0.3 is 5.32 Å².